The molecule has 4 aromatic heterocycles. The van der Waals surface area contributed by atoms with Gasteiger partial charge in [-0.1, -0.05) is 13.8 Å². The lowest BCUT2D eigenvalue weighted by molar-refractivity contribution is -0.120. The van der Waals surface area contributed by atoms with Crippen LogP contribution in [0.15, 0.2) is 30.6 Å². The Morgan fingerprint density at radius 2 is 1.95 bits per heavy atom. The summed E-state index contributed by atoms with van der Waals surface area (Å²) in [5.74, 6) is -0.467. The maximum Gasteiger partial charge on any atom is 0.294 e. The Balaban J connectivity index is 1.29. The Hall–Kier alpha value is -3.74. The molecular weight excluding hydrogens is 492 g/mol. The van der Waals surface area contributed by atoms with Gasteiger partial charge in [0.05, 0.1) is 42.1 Å². The van der Waals surface area contributed by atoms with Gasteiger partial charge >= 0.3 is 0 Å². The molecule has 0 saturated carbocycles. The van der Waals surface area contributed by atoms with Crippen LogP contribution < -0.4 is 10.6 Å². The lowest BCUT2D eigenvalue weighted by Gasteiger charge is -2.45. The van der Waals surface area contributed by atoms with Crippen molar-refractivity contribution in [3.05, 3.63) is 52.7 Å². The van der Waals surface area contributed by atoms with Crippen molar-refractivity contribution in [1.29, 1.82) is 0 Å². The van der Waals surface area contributed by atoms with E-state index in [1.807, 2.05) is 13.0 Å². The Kier molecular flexibility index (Phi) is 6.48. The quantitative estimate of drug-likeness (QED) is 0.338. The molecule has 5 heterocycles. The minimum Gasteiger partial charge on any atom is -0.390 e. The summed E-state index contributed by atoms with van der Waals surface area (Å²) in [7, 11) is 0. The molecule has 0 unspecified atom stereocenters. The first kappa shape index (κ1) is 24.9. The van der Waals surface area contributed by atoms with Crippen molar-refractivity contribution >= 4 is 40.2 Å². The highest BCUT2D eigenvalue weighted by molar-refractivity contribution is 7.15. The average Bonchev–Trinajstić information content (AvgIpc) is 3.42. The molecule has 0 atom stereocenters. The van der Waals surface area contributed by atoms with Gasteiger partial charge in [-0.15, -0.1) is 21.5 Å². The molecule has 0 aliphatic carbocycles. The number of carbonyl (C=O) groups excluding carboxylic acids is 2. The molecule has 3 N–H and O–H groups in total. The normalized spacial score (nSPS) is 14.9. The summed E-state index contributed by atoms with van der Waals surface area (Å²) in [5.41, 5.74) is 3.79. The molecule has 1 saturated heterocycles. The Bertz CT molecular complexity index is 1500. The number of nitrogens with zero attached hydrogens (tertiary/aromatic N) is 6. The van der Waals surface area contributed by atoms with Crippen LogP contribution in [0.3, 0.4) is 0 Å². The molecule has 0 aromatic carbocycles. The van der Waals surface area contributed by atoms with Crippen molar-refractivity contribution in [2.45, 2.75) is 34.3 Å². The van der Waals surface area contributed by atoms with Crippen LogP contribution in [0.25, 0.3) is 16.2 Å². The van der Waals surface area contributed by atoms with Gasteiger partial charge in [-0.05, 0) is 37.5 Å². The van der Waals surface area contributed by atoms with Gasteiger partial charge in [0.1, 0.15) is 5.01 Å². The number of aliphatic hydroxyl groups excluding tert-OH is 1. The fraction of sp³-hybridized carbons (Fsp3) is 0.360. The molecule has 37 heavy (non-hydrogen) atoms. The molecule has 1 fully saturated rings. The Morgan fingerprint density at radius 1 is 1.16 bits per heavy atom. The number of aryl methyl sites for hydroxylation is 2. The third kappa shape index (κ3) is 5.22. The zero-order chi connectivity index (χ0) is 26.3. The smallest absolute Gasteiger partial charge is 0.294 e. The SMILES string of the molecule is Cc1ncc(NC(=O)CN2CC(C)(C)C2)cc1NC(=O)c1nnc2cc(-c3nc(CO)c(C)s3)ccn12. The van der Waals surface area contributed by atoms with E-state index in [0.717, 1.165) is 28.5 Å². The van der Waals surface area contributed by atoms with E-state index < -0.39 is 5.91 Å². The highest BCUT2D eigenvalue weighted by Crippen LogP contribution is 2.29. The third-order valence-corrected chi connectivity index (χ3v) is 7.25. The molecule has 0 radical (unpaired) electrons. The molecule has 5 rings (SSSR count). The number of rotatable bonds is 7. The number of hydrogen-bond donors (Lipinski definition) is 3. The number of nitrogens with one attached hydrogen (secondary N) is 2. The van der Waals surface area contributed by atoms with Crippen molar-refractivity contribution in [2.75, 3.05) is 30.3 Å². The molecule has 11 nitrogen and oxygen atoms in total. The molecule has 1 aliphatic rings. The molecule has 4 aromatic rings. The number of aliphatic hydroxyl groups is 1. The summed E-state index contributed by atoms with van der Waals surface area (Å²) in [4.78, 5) is 37.3. The van der Waals surface area contributed by atoms with Crippen molar-refractivity contribution < 1.29 is 14.7 Å². The second kappa shape index (κ2) is 9.61. The molecule has 0 spiro atoms. The Morgan fingerprint density at radius 3 is 2.65 bits per heavy atom. The van der Waals surface area contributed by atoms with Crippen LogP contribution in [0.4, 0.5) is 11.4 Å². The van der Waals surface area contributed by atoms with E-state index in [1.165, 1.54) is 11.3 Å². The standard InChI is InChI=1S/C25H28N8O3S/c1-14-18(8-17(9-26-14)27-21(35)10-32-12-25(3,4)13-32)28-23(36)22-31-30-20-7-16(5-6-33(20)22)24-29-19(11-34)15(2)37-24/h5-9,34H,10-13H2,1-4H3,(H,27,35)(H,28,36). The zero-order valence-corrected chi connectivity index (χ0v) is 21.9. The molecule has 192 valence electrons. The summed E-state index contributed by atoms with van der Waals surface area (Å²) < 4.78 is 1.59. The second-order valence-electron chi connectivity index (χ2n) is 10.0. The van der Waals surface area contributed by atoms with Crippen LogP contribution in [0.2, 0.25) is 0 Å². The van der Waals surface area contributed by atoms with E-state index in [1.54, 1.807) is 35.9 Å². The van der Waals surface area contributed by atoms with E-state index in [2.05, 4.69) is 49.5 Å². The van der Waals surface area contributed by atoms with E-state index in [-0.39, 0.29) is 23.8 Å². The summed E-state index contributed by atoms with van der Waals surface area (Å²) in [6, 6.07) is 5.31. The summed E-state index contributed by atoms with van der Waals surface area (Å²) in [5, 5.41) is 24.1. The highest BCUT2D eigenvalue weighted by atomic mass is 32.1. The highest BCUT2D eigenvalue weighted by Gasteiger charge is 2.34. The number of aromatic nitrogens is 5. The number of thiazole rings is 1. The van der Waals surface area contributed by atoms with Crippen LogP contribution in [0.5, 0.6) is 0 Å². The van der Waals surface area contributed by atoms with Gasteiger partial charge in [0, 0.05) is 29.7 Å². The minimum atomic E-state index is -0.455. The molecular formula is C25H28N8O3S. The summed E-state index contributed by atoms with van der Waals surface area (Å²) in [6.07, 6.45) is 3.28. The number of fused-ring (bicyclic) bond motifs is 1. The second-order valence-corrected chi connectivity index (χ2v) is 11.2. The number of carbonyl (C=O) groups is 2. The largest absolute Gasteiger partial charge is 0.390 e. The molecule has 2 amide bonds. The zero-order valence-electron chi connectivity index (χ0n) is 21.1. The molecule has 12 heteroatoms. The van der Waals surface area contributed by atoms with Gasteiger partial charge in [-0.3, -0.25) is 23.9 Å². The van der Waals surface area contributed by atoms with Gasteiger partial charge in [-0.25, -0.2) is 4.98 Å². The fourth-order valence-electron chi connectivity index (χ4n) is 4.46. The van der Waals surface area contributed by atoms with Crippen molar-refractivity contribution in [2.24, 2.45) is 5.41 Å². The molecule has 1 aliphatic heterocycles. The van der Waals surface area contributed by atoms with Crippen LogP contribution in [-0.4, -0.2) is 66.0 Å². The van der Waals surface area contributed by atoms with Gasteiger partial charge in [0.25, 0.3) is 5.91 Å². The number of hydrogen-bond acceptors (Lipinski definition) is 9. The maximum absolute atomic E-state index is 13.1. The fourth-order valence-corrected chi connectivity index (χ4v) is 5.38. The topological polar surface area (TPSA) is 138 Å². The van der Waals surface area contributed by atoms with E-state index >= 15 is 0 Å². The summed E-state index contributed by atoms with van der Waals surface area (Å²) in [6.45, 7) is 10.00. The maximum atomic E-state index is 13.1. The summed E-state index contributed by atoms with van der Waals surface area (Å²) >= 11 is 1.48. The van der Waals surface area contributed by atoms with Gasteiger partial charge in [0.15, 0.2) is 5.65 Å². The third-order valence-electron chi connectivity index (χ3n) is 6.19. The average molecular weight is 521 g/mol. The van der Waals surface area contributed by atoms with Crippen LogP contribution >= 0.6 is 11.3 Å². The van der Waals surface area contributed by atoms with Crippen molar-refractivity contribution in [3.8, 4) is 10.6 Å². The number of likely N-dealkylation sites (tertiary alicyclic amines) is 1. The number of amides is 2. The predicted octanol–water partition coefficient (Wildman–Crippen LogP) is 2.89. The van der Waals surface area contributed by atoms with Crippen molar-refractivity contribution in [1.82, 2.24) is 29.5 Å². The number of anilines is 2. The van der Waals surface area contributed by atoms with E-state index in [9.17, 15) is 14.7 Å². The van der Waals surface area contributed by atoms with Crippen LogP contribution in [-0.2, 0) is 11.4 Å². The first-order valence-corrected chi connectivity index (χ1v) is 12.7. The lowest BCUT2D eigenvalue weighted by Crippen LogP contribution is -2.54. The monoisotopic (exact) mass is 520 g/mol. The van der Waals surface area contributed by atoms with E-state index in [0.29, 0.717) is 35.0 Å². The van der Waals surface area contributed by atoms with E-state index in [4.69, 9.17) is 0 Å². The Labute approximate surface area is 217 Å². The van der Waals surface area contributed by atoms with Gasteiger partial charge in [0.2, 0.25) is 11.7 Å². The predicted molar refractivity (Wildman–Crippen MR) is 141 cm³/mol. The van der Waals surface area contributed by atoms with Crippen molar-refractivity contribution in [3.63, 3.8) is 0 Å². The van der Waals surface area contributed by atoms with Gasteiger partial charge < -0.3 is 15.7 Å². The van der Waals surface area contributed by atoms with Gasteiger partial charge in [-0.2, -0.15) is 0 Å². The van der Waals surface area contributed by atoms with Crippen LogP contribution in [0, 0.1) is 19.3 Å². The first-order chi connectivity index (χ1) is 17.6. The molecule has 0 bridgehead atoms. The number of pyridine rings is 2. The van der Waals surface area contributed by atoms with Crippen LogP contribution in [0.1, 0.15) is 40.7 Å². The first-order valence-electron chi connectivity index (χ1n) is 11.8. The minimum absolute atomic E-state index is 0.113. The lowest BCUT2D eigenvalue weighted by atomic mass is 9.84.